The fourth-order valence-electron chi connectivity index (χ4n) is 1.86. The summed E-state index contributed by atoms with van der Waals surface area (Å²) in [6, 6.07) is 0. The lowest BCUT2D eigenvalue weighted by Gasteiger charge is -2.21. The summed E-state index contributed by atoms with van der Waals surface area (Å²) in [5.74, 6) is 0.566. The standard InChI is InChI=1S/C11H21NO5S2/c1-17-6-4-12(3-5-13)11(14)8-18-10-2-7-19(15,16)9-10/h10,13H,2-9H2,1H3. The molecule has 1 fully saturated rings. The zero-order valence-electron chi connectivity index (χ0n) is 11.1. The highest BCUT2D eigenvalue weighted by Gasteiger charge is 2.29. The summed E-state index contributed by atoms with van der Waals surface area (Å²) in [6.45, 7) is 1.07. The Hall–Kier alpha value is -0.310. The van der Waals surface area contributed by atoms with Crippen LogP contribution in [0.25, 0.3) is 0 Å². The van der Waals surface area contributed by atoms with Crippen molar-refractivity contribution in [2.75, 3.05) is 50.7 Å². The van der Waals surface area contributed by atoms with Crippen LogP contribution in [0, 0.1) is 0 Å². The average Bonchev–Trinajstić information content (AvgIpc) is 2.71. The monoisotopic (exact) mass is 311 g/mol. The molecule has 1 amide bonds. The molecule has 0 aromatic heterocycles. The predicted octanol–water partition coefficient (Wildman–Crippen LogP) is -0.626. The van der Waals surface area contributed by atoms with E-state index in [1.54, 1.807) is 12.0 Å². The molecule has 1 rings (SSSR count). The molecule has 1 heterocycles. The Kier molecular flexibility index (Phi) is 7.12. The highest BCUT2D eigenvalue weighted by molar-refractivity contribution is 8.02. The maximum absolute atomic E-state index is 11.9. The fraction of sp³-hybridized carbons (Fsp3) is 0.909. The van der Waals surface area contributed by atoms with Crippen LogP contribution in [0.5, 0.6) is 0 Å². The first kappa shape index (κ1) is 16.7. The van der Waals surface area contributed by atoms with Gasteiger partial charge in [-0.25, -0.2) is 8.42 Å². The second-order valence-electron chi connectivity index (χ2n) is 4.43. The van der Waals surface area contributed by atoms with E-state index in [0.29, 0.717) is 19.6 Å². The van der Waals surface area contributed by atoms with E-state index in [-0.39, 0.29) is 41.6 Å². The zero-order valence-corrected chi connectivity index (χ0v) is 12.7. The molecule has 0 aromatic rings. The Morgan fingerprint density at radius 1 is 1.47 bits per heavy atom. The van der Waals surface area contributed by atoms with Gasteiger partial charge in [0.05, 0.1) is 30.5 Å². The molecule has 1 aliphatic heterocycles. The van der Waals surface area contributed by atoms with Crippen molar-refractivity contribution in [3.05, 3.63) is 0 Å². The number of aliphatic hydroxyl groups excluding tert-OH is 1. The molecule has 1 saturated heterocycles. The van der Waals surface area contributed by atoms with Gasteiger partial charge in [-0.05, 0) is 6.42 Å². The Bertz CT molecular complexity index is 385. The number of sulfone groups is 1. The number of rotatable bonds is 8. The molecule has 0 bridgehead atoms. The summed E-state index contributed by atoms with van der Waals surface area (Å²) < 4.78 is 27.5. The summed E-state index contributed by atoms with van der Waals surface area (Å²) in [7, 11) is -1.34. The molecular formula is C11H21NO5S2. The minimum absolute atomic E-state index is 0.0207. The first-order chi connectivity index (χ1) is 8.98. The molecular weight excluding hydrogens is 290 g/mol. The Morgan fingerprint density at radius 3 is 2.74 bits per heavy atom. The molecule has 0 aromatic carbocycles. The lowest BCUT2D eigenvalue weighted by molar-refractivity contribution is -0.129. The van der Waals surface area contributed by atoms with Gasteiger partial charge in [0.25, 0.3) is 0 Å². The van der Waals surface area contributed by atoms with Crippen LogP contribution in [0.2, 0.25) is 0 Å². The van der Waals surface area contributed by atoms with Crippen LogP contribution >= 0.6 is 11.8 Å². The SMILES string of the molecule is COCCN(CCO)C(=O)CSC1CCS(=O)(=O)C1. The lowest BCUT2D eigenvalue weighted by atomic mass is 10.4. The normalized spacial score (nSPS) is 21.5. The van der Waals surface area contributed by atoms with Crippen molar-refractivity contribution in [3.8, 4) is 0 Å². The van der Waals surface area contributed by atoms with Crippen LogP contribution in [0.1, 0.15) is 6.42 Å². The van der Waals surface area contributed by atoms with Gasteiger partial charge in [-0.1, -0.05) is 0 Å². The van der Waals surface area contributed by atoms with E-state index < -0.39 is 9.84 Å². The number of thioether (sulfide) groups is 1. The van der Waals surface area contributed by atoms with Crippen LogP contribution in [0.3, 0.4) is 0 Å². The molecule has 0 radical (unpaired) electrons. The van der Waals surface area contributed by atoms with Crippen LogP contribution in [0.4, 0.5) is 0 Å². The summed E-state index contributed by atoms with van der Waals surface area (Å²) in [6.07, 6.45) is 0.623. The molecule has 1 aliphatic rings. The van der Waals surface area contributed by atoms with Crippen LogP contribution < -0.4 is 0 Å². The van der Waals surface area contributed by atoms with Gasteiger partial charge in [0.2, 0.25) is 5.91 Å². The summed E-state index contributed by atoms with van der Waals surface area (Å²) in [5.41, 5.74) is 0. The molecule has 0 saturated carbocycles. The van der Waals surface area contributed by atoms with Gasteiger partial charge in [-0.15, -0.1) is 11.8 Å². The van der Waals surface area contributed by atoms with Gasteiger partial charge in [-0.2, -0.15) is 0 Å². The molecule has 0 spiro atoms. The largest absolute Gasteiger partial charge is 0.395 e. The molecule has 8 heteroatoms. The van der Waals surface area contributed by atoms with E-state index in [1.807, 2.05) is 0 Å². The third-order valence-electron chi connectivity index (χ3n) is 2.92. The third kappa shape index (κ3) is 6.11. The van der Waals surface area contributed by atoms with Crippen molar-refractivity contribution < 1.29 is 23.1 Å². The number of hydrogen-bond acceptors (Lipinski definition) is 6. The number of amides is 1. The smallest absolute Gasteiger partial charge is 0.232 e. The summed E-state index contributed by atoms with van der Waals surface area (Å²) >= 11 is 1.39. The van der Waals surface area contributed by atoms with Gasteiger partial charge < -0.3 is 14.7 Å². The topological polar surface area (TPSA) is 83.9 Å². The third-order valence-corrected chi connectivity index (χ3v) is 6.19. The summed E-state index contributed by atoms with van der Waals surface area (Å²) in [4.78, 5) is 13.5. The van der Waals surface area contributed by atoms with E-state index in [2.05, 4.69) is 0 Å². The number of aliphatic hydroxyl groups is 1. The number of carbonyl (C=O) groups excluding carboxylic acids is 1. The highest BCUT2D eigenvalue weighted by Crippen LogP contribution is 2.24. The number of carbonyl (C=O) groups is 1. The zero-order chi connectivity index (χ0) is 14.3. The Labute approximate surface area is 118 Å². The fourth-order valence-corrected chi connectivity index (χ4v) is 5.40. The van der Waals surface area contributed by atoms with Crippen molar-refractivity contribution in [3.63, 3.8) is 0 Å². The van der Waals surface area contributed by atoms with E-state index in [0.717, 1.165) is 0 Å². The van der Waals surface area contributed by atoms with Crippen molar-refractivity contribution in [2.24, 2.45) is 0 Å². The Morgan fingerprint density at radius 2 is 2.21 bits per heavy atom. The first-order valence-electron chi connectivity index (χ1n) is 6.18. The lowest BCUT2D eigenvalue weighted by Crippen LogP contribution is -2.37. The number of methoxy groups -OCH3 is 1. The second-order valence-corrected chi connectivity index (χ2v) is 7.95. The first-order valence-corrected chi connectivity index (χ1v) is 9.05. The van der Waals surface area contributed by atoms with Gasteiger partial charge >= 0.3 is 0 Å². The van der Waals surface area contributed by atoms with Crippen LogP contribution in [-0.2, 0) is 19.4 Å². The van der Waals surface area contributed by atoms with E-state index in [4.69, 9.17) is 9.84 Å². The number of nitrogens with zero attached hydrogens (tertiary/aromatic N) is 1. The van der Waals surface area contributed by atoms with E-state index in [9.17, 15) is 13.2 Å². The highest BCUT2D eigenvalue weighted by atomic mass is 32.2. The van der Waals surface area contributed by atoms with Crippen molar-refractivity contribution >= 4 is 27.5 Å². The summed E-state index contributed by atoms with van der Waals surface area (Å²) in [5, 5.41) is 8.93. The molecule has 6 nitrogen and oxygen atoms in total. The average molecular weight is 311 g/mol. The van der Waals surface area contributed by atoms with Crippen molar-refractivity contribution in [1.82, 2.24) is 4.90 Å². The molecule has 1 unspecified atom stereocenters. The quantitative estimate of drug-likeness (QED) is 0.643. The molecule has 0 aliphatic carbocycles. The molecule has 1 N–H and O–H groups in total. The van der Waals surface area contributed by atoms with Crippen molar-refractivity contribution in [2.45, 2.75) is 11.7 Å². The minimum atomic E-state index is -2.89. The van der Waals surface area contributed by atoms with Crippen molar-refractivity contribution in [1.29, 1.82) is 0 Å². The molecule has 19 heavy (non-hydrogen) atoms. The van der Waals surface area contributed by atoms with E-state index in [1.165, 1.54) is 11.8 Å². The molecule has 112 valence electrons. The van der Waals surface area contributed by atoms with Gasteiger partial charge in [-0.3, -0.25) is 4.79 Å². The number of hydrogen-bond donors (Lipinski definition) is 1. The predicted molar refractivity (Wildman–Crippen MR) is 75.1 cm³/mol. The van der Waals surface area contributed by atoms with Crippen LogP contribution in [0.15, 0.2) is 0 Å². The van der Waals surface area contributed by atoms with E-state index >= 15 is 0 Å². The van der Waals surface area contributed by atoms with Gasteiger partial charge in [0.1, 0.15) is 0 Å². The molecule has 1 atom stereocenters. The van der Waals surface area contributed by atoms with Gasteiger partial charge in [0, 0.05) is 25.4 Å². The second kappa shape index (κ2) is 8.08. The van der Waals surface area contributed by atoms with Crippen LogP contribution in [-0.4, -0.2) is 80.3 Å². The van der Waals surface area contributed by atoms with Gasteiger partial charge in [0.15, 0.2) is 9.84 Å². The number of ether oxygens (including phenoxy) is 1. The Balaban J connectivity index is 2.35. The maximum Gasteiger partial charge on any atom is 0.232 e. The maximum atomic E-state index is 11.9. The minimum Gasteiger partial charge on any atom is -0.395 e.